The predicted octanol–water partition coefficient (Wildman–Crippen LogP) is 3.66. The Morgan fingerprint density at radius 1 is 1.36 bits per heavy atom. The van der Waals surface area contributed by atoms with Gasteiger partial charge >= 0.3 is 0 Å². The molecule has 1 saturated carbocycles. The summed E-state index contributed by atoms with van der Waals surface area (Å²) in [6.07, 6.45) is 7.62. The number of thioether (sulfide) groups is 1. The lowest BCUT2D eigenvalue weighted by Gasteiger charge is -2.32. The van der Waals surface area contributed by atoms with Crippen molar-refractivity contribution in [2.24, 2.45) is 7.05 Å². The second-order valence-electron chi connectivity index (χ2n) is 6.76. The molecule has 1 fully saturated rings. The monoisotopic (exact) mass is 362 g/mol. The van der Waals surface area contributed by atoms with Crippen LogP contribution in [0.4, 0.5) is 0 Å². The first-order valence-corrected chi connectivity index (χ1v) is 9.74. The Morgan fingerprint density at radius 3 is 2.72 bits per heavy atom. The highest BCUT2D eigenvalue weighted by atomic mass is 32.2. The smallest absolute Gasteiger partial charge is 0.235 e. The van der Waals surface area contributed by atoms with E-state index in [2.05, 4.69) is 10.2 Å². The number of nitrogens with zero attached hydrogens (tertiary/aromatic N) is 4. The van der Waals surface area contributed by atoms with Crippen molar-refractivity contribution in [3.05, 3.63) is 18.1 Å². The van der Waals surface area contributed by atoms with Crippen molar-refractivity contribution < 1.29 is 9.21 Å². The molecule has 6 nitrogen and oxygen atoms in total. The zero-order chi connectivity index (χ0) is 18.0. The molecule has 136 valence electrons. The summed E-state index contributed by atoms with van der Waals surface area (Å²) in [6, 6.07) is 2.27. The molecule has 2 aromatic heterocycles. The summed E-state index contributed by atoms with van der Waals surface area (Å²) in [5.41, 5.74) is 0.931. The molecule has 3 rings (SSSR count). The summed E-state index contributed by atoms with van der Waals surface area (Å²) < 4.78 is 7.28. The third-order valence-electron chi connectivity index (χ3n) is 5.03. The fourth-order valence-corrected chi connectivity index (χ4v) is 4.33. The number of carbonyl (C=O) groups is 1. The van der Waals surface area contributed by atoms with Crippen LogP contribution in [0.3, 0.4) is 0 Å². The Morgan fingerprint density at radius 2 is 2.08 bits per heavy atom. The Hall–Kier alpha value is -1.76. The number of hydrogen-bond donors (Lipinski definition) is 0. The lowest BCUT2D eigenvalue weighted by atomic mass is 9.94. The van der Waals surface area contributed by atoms with Gasteiger partial charge in [0.25, 0.3) is 0 Å². The molecule has 25 heavy (non-hydrogen) atoms. The molecule has 0 bridgehead atoms. The predicted molar refractivity (Wildman–Crippen MR) is 98.4 cm³/mol. The first kappa shape index (κ1) is 18.0. The second kappa shape index (κ2) is 7.64. The summed E-state index contributed by atoms with van der Waals surface area (Å²) in [5, 5.41) is 9.10. The van der Waals surface area contributed by atoms with Gasteiger partial charge in [0.2, 0.25) is 5.91 Å². The Labute approximate surface area is 153 Å². The van der Waals surface area contributed by atoms with Gasteiger partial charge in [-0.1, -0.05) is 31.0 Å². The summed E-state index contributed by atoms with van der Waals surface area (Å²) >= 11 is 1.46. The number of amides is 1. The van der Waals surface area contributed by atoms with Crippen LogP contribution in [0.1, 0.15) is 44.8 Å². The topological polar surface area (TPSA) is 64.2 Å². The Bertz CT molecular complexity index is 733. The van der Waals surface area contributed by atoms with Gasteiger partial charge in [-0.05, 0) is 32.8 Å². The molecule has 1 atom stereocenters. The van der Waals surface area contributed by atoms with Gasteiger partial charge in [-0.2, -0.15) is 0 Å². The molecule has 1 amide bonds. The maximum atomic E-state index is 12.8. The van der Waals surface area contributed by atoms with Crippen molar-refractivity contribution in [3.63, 3.8) is 0 Å². The van der Waals surface area contributed by atoms with Gasteiger partial charge < -0.3 is 13.9 Å². The zero-order valence-corrected chi connectivity index (χ0v) is 16.2. The van der Waals surface area contributed by atoms with Crippen LogP contribution in [0.2, 0.25) is 0 Å². The number of aryl methyl sites for hydroxylation is 1. The quantitative estimate of drug-likeness (QED) is 0.760. The molecule has 7 heteroatoms. The largest absolute Gasteiger partial charge is 0.469 e. The molecule has 0 aliphatic heterocycles. The molecule has 0 saturated heterocycles. The lowest BCUT2D eigenvalue weighted by molar-refractivity contribution is -0.131. The highest BCUT2D eigenvalue weighted by molar-refractivity contribution is 8.00. The minimum absolute atomic E-state index is 0.168. The average Bonchev–Trinajstić information content (AvgIpc) is 3.20. The van der Waals surface area contributed by atoms with E-state index in [1.165, 1.54) is 31.0 Å². The maximum Gasteiger partial charge on any atom is 0.235 e. The number of carbonyl (C=O) groups excluding carboxylic acids is 1. The molecule has 0 unspecified atom stereocenters. The molecular weight excluding hydrogens is 336 g/mol. The zero-order valence-electron chi connectivity index (χ0n) is 15.4. The van der Waals surface area contributed by atoms with Crippen LogP contribution in [0.15, 0.2) is 21.9 Å². The lowest BCUT2D eigenvalue weighted by Crippen LogP contribution is -2.42. The van der Waals surface area contributed by atoms with Crippen molar-refractivity contribution in [1.82, 2.24) is 19.7 Å². The van der Waals surface area contributed by atoms with Crippen LogP contribution in [-0.2, 0) is 11.8 Å². The summed E-state index contributed by atoms with van der Waals surface area (Å²) in [7, 11) is 3.86. The third kappa shape index (κ3) is 3.76. The SMILES string of the molecule is Cc1occc1-c1nnc(S[C@H](C)C(=O)N(C)C2CCCCC2)n1C. The van der Waals surface area contributed by atoms with E-state index in [1.807, 2.05) is 43.5 Å². The van der Waals surface area contributed by atoms with Crippen LogP contribution in [0.25, 0.3) is 11.4 Å². The minimum atomic E-state index is -0.187. The van der Waals surface area contributed by atoms with Gasteiger partial charge in [-0.3, -0.25) is 4.79 Å². The van der Waals surface area contributed by atoms with Crippen molar-refractivity contribution in [1.29, 1.82) is 0 Å². The maximum absolute atomic E-state index is 12.8. The van der Waals surface area contributed by atoms with Crippen molar-refractivity contribution >= 4 is 17.7 Å². The Kier molecular flexibility index (Phi) is 5.51. The molecule has 1 aliphatic rings. The summed E-state index contributed by atoms with van der Waals surface area (Å²) in [6.45, 7) is 3.85. The molecule has 0 radical (unpaired) electrons. The van der Waals surface area contributed by atoms with E-state index in [4.69, 9.17) is 4.42 Å². The van der Waals surface area contributed by atoms with Crippen LogP contribution in [0, 0.1) is 6.92 Å². The second-order valence-corrected chi connectivity index (χ2v) is 8.06. The Balaban J connectivity index is 1.68. The molecule has 0 aromatic carbocycles. The summed E-state index contributed by atoms with van der Waals surface area (Å²) in [4.78, 5) is 14.7. The third-order valence-corrected chi connectivity index (χ3v) is 6.16. The van der Waals surface area contributed by atoms with Gasteiger partial charge in [0.1, 0.15) is 5.76 Å². The van der Waals surface area contributed by atoms with E-state index >= 15 is 0 Å². The van der Waals surface area contributed by atoms with Crippen molar-refractivity contribution in [2.75, 3.05) is 7.05 Å². The number of rotatable bonds is 5. The first-order chi connectivity index (χ1) is 12.0. The van der Waals surface area contributed by atoms with Crippen LogP contribution in [-0.4, -0.2) is 43.9 Å². The van der Waals surface area contributed by atoms with Crippen LogP contribution >= 0.6 is 11.8 Å². The van der Waals surface area contributed by atoms with Gasteiger partial charge in [0.05, 0.1) is 17.1 Å². The van der Waals surface area contributed by atoms with Crippen molar-refractivity contribution in [3.8, 4) is 11.4 Å². The molecule has 1 aliphatic carbocycles. The van der Waals surface area contributed by atoms with Gasteiger partial charge in [-0.15, -0.1) is 10.2 Å². The summed E-state index contributed by atoms with van der Waals surface area (Å²) in [5.74, 6) is 1.74. The van der Waals surface area contributed by atoms with Crippen molar-refractivity contribution in [2.45, 2.75) is 62.4 Å². The van der Waals surface area contributed by atoms with Crippen LogP contribution in [0.5, 0.6) is 0 Å². The fraction of sp³-hybridized carbons (Fsp3) is 0.611. The van der Waals surface area contributed by atoms with E-state index in [0.29, 0.717) is 6.04 Å². The van der Waals surface area contributed by atoms with E-state index in [9.17, 15) is 4.79 Å². The molecule has 2 heterocycles. The minimum Gasteiger partial charge on any atom is -0.469 e. The standard InChI is InChI=1S/C18H26N4O2S/c1-12-15(10-11-24-12)16-19-20-18(22(16)4)25-13(2)17(23)21(3)14-8-6-5-7-9-14/h10-11,13-14H,5-9H2,1-4H3/t13-/m1/s1. The van der Waals surface area contributed by atoms with E-state index in [0.717, 1.165) is 35.1 Å². The number of hydrogen-bond acceptors (Lipinski definition) is 5. The highest BCUT2D eigenvalue weighted by Crippen LogP contribution is 2.29. The fourth-order valence-electron chi connectivity index (χ4n) is 3.41. The van der Waals surface area contributed by atoms with E-state index < -0.39 is 0 Å². The van der Waals surface area contributed by atoms with Gasteiger partial charge in [0.15, 0.2) is 11.0 Å². The first-order valence-electron chi connectivity index (χ1n) is 8.86. The van der Waals surface area contributed by atoms with Crippen LogP contribution < -0.4 is 0 Å². The number of furan rings is 1. The van der Waals surface area contributed by atoms with E-state index in [1.54, 1.807) is 6.26 Å². The van der Waals surface area contributed by atoms with Gasteiger partial charge in [-0.25, -0.2) is 0 Å². The average molecular weight is 362 g/mol. The molecule has 0 spiro atoms. The van der Waals surface area contributed by atoms with E-state index in [-0.39, 0.29) is 11.2 Å². The molecular formula is C18H26N4O2S. The number of aromatic nitrogens is 3. The normalized spacial score (nSPS) is 16.8. The molecule has 0 N–H and O–H groups in total. The molecule has 2 aromatic rings. The highest BCUT2D eigenvalue weighted by Gasteiger charge is 2.27. The van der Waals surface area contributed by atoms with Gasteiger partial charge in [0, 0.05) is 20.1 Å².